The van der Waals surface area contributed by atoms with Gasteiger partial charge in [-0.2, -0.15) is 5.10 Å². The van der Waals surface area contributed by atoms with Crippen LogP contribution in [0, 0.1) is 0 Å². The van der Waals surface area contributed by atoms with Crippen molar-refractivity contribution in [1.29, 1.82) is 0 Å². The van der Waals surface area contributed by atoms with Crippen molar-refractivity contribution < 1.29 is 9.90 Å². The number of hydrogen-bond acceptors (Lipinski definition) is 5. The first-order valence-electron chi connectivity index (χ1n) is 7.15. The van der Waals surface area contributed by atoms with E-state index >= 15 is 0 Å². The standard InChI is InChI=1S/C14H21N5O2S/c1-18(2)6-4-3-5-11-7-17-19(10-11)13-15-8-12(22-13)9-16-14(20)21/h7-8,10,16H,3-6,9H2,1-2H3,(H,20,21). The van der Waals surface area contributed by atoms with Crippen molar-refractivity contribution in [2.45, 2.75) is 25.8 Å². The van der Waals surface area contributed by atoms with Crippen molar-refractivity contribution >= 4 is 17.4 Å². The van der Waals surface area contributed by atoms with E-state index in [1.165, 1.54) is 23.3 Å². The van der Waals surface area contributed by atoms with Crippen LogP contribution in [0.25, 0.3) is 5.13 Å². The number of carboxylic acid groups (broad SMARTS) is 1. The molecule has 0 aliphatic heterocycles. The van der Waals surface area contributed by atoms with Crippen molar-refractivity contribution in [1.82, 2.24) is 25.0 Å². The van der Waals surface area contributed by atoms with E-state index in [4.69, 9.17) is 5.11 Å². The average Bonchev–Trinajstić information content (AvgIpc) is 3.10. The molecule has 2 aromatic heterocycles. The molecular weight excluding hydrogens is 302 g/mol. The molecule has 7 nitrogen and oxygen atoms in total. The van der Waals surface area contributed by atoms with Gasteiger partial charge in [-0.1, -0.05) is 11.3 Å². The molecule has 0 atom stereocenters. The van der Waals surface area contributed by atoms with Crippen LogP contribution in [0.4, 0.5) is 4.79 Å². The highest BCUT2D eigenvalue weighted by Crippen LogP contribution is 2.17. The summed E-state index contributed by atoms with van der Waals surface area (Å²) in [6.07, 6.45) is 7.81. The minimum Gasteiger partial charge on any atom is -0.465 e. The second kappa shape index (κ2) is 7.90. The first-order valence-corrected chi connectivity index (χ1v) is 7.96. The average molecular weight is 323 g/mol. The van der Waals surface area contributed by atoms with Crippen molar-refractivity contribution in [3.63, 3.8) is 0 Å². The fourth-order valence-electron chi connectivity index (χ4n) is 2.00. The number of aryl methyl sites for hydroxylation is 1. The van der Waals surface area contributed by atoms with Crippen LogP contribution in [0.1, 0.15) is 23.3 Å². The van der Waals surface area contributed by atoms with E-state index in [-0.39, 0.29) is 6.54 Å². The largest absolute Gasteiger partial charge is 0.465 e. The lowest BCUT2D eigenvalue weighted by Crippen LogP contribution is -2.19. The lowest BCUT2D eigenvalue weighted by molar-refractivity contribution is 0.194. The molecule has 2 aromatic rings. The number of thiazole rings is 1. The smallest absolute Gasteiger partial charge is 0.404 e. The molecule has 0 saturated carbocycles. The van der Waals surface area contributed by atoms with Gasteiger partial charge in [0.2, 0.25) is 5.13 Å². The van der Waals surface area contributed by atoms with Gasteiger partial charge < -0.3 is 15.3 Å². The number of nitrogens with one attached hydrogen (secondary N) is 1. The second-order valence-corrected chi connectivity index (χ2v) is 6.42. The summed E-state index contributed by atoms with van der Waals surface area (Å²) in [5, 5.41) is 16.0. The Balaban J connectivity index is 1.86. The lowest BCUT2D eigenvalue weighted by Gasteiger charge is -2.07. The SMILES string of the molecule is CN(C)CCCCc1cnn(-c2ncc(CNC(=O)O)s2)c1. The molecule has 2 heterocycles. The van der Waals surface area contributed by atoms with Gasteiger partial charge in [0.1, 0.15) is 0 Å². The minimum atomic E-state index is -1.03. The van der Waals surface area contributed by atoms with Gasteiger partial charge in [0.15, 0.2) is 0 Å². The lowest BCUT2D eigenvalue weighted by atomic mass is 10.1. The summed E-state index contributed by atoms with van der Waals surface area (Å²) in [6, 6.07) is 0. The summed E-state index contributed by atoms with van der Waals surface area (Å²) < 4.78 is 1.75. The van der Waals surface area contributed by atoms with Crippen LogP contribution < -0.4 is 5.32 Å². The molecule has 8 heteroatoms. The number of aromatic nitrogens is 3. The number of hydrogen-bond donors (Lipinski definition) is 2. The highest BCUT2D eigenvalue weighted by Gasteiger charge is 2.07. The van der Waals surface area contributed by atoms with Gasteiger partial charge in [0.05, 0.1) is 12.7 Å². The van der Waals surface area contributed by atoms with E-state index in [2.05, 4.69) is 34.4 Å². The molecule has 2 N–H and O–H groups in total. The Bertz CT molecular complexity index is 608. The molecule has 0 bridgehead atoms. The quantitative estimate of drug-likeness (QED) is 0.726. The Labute approximate surface area is 133 Å². The summed E-state index contributed by atoms with van der Waals surface area (Å²) in [4.78, 5) is 17.8. The fraction of sp³-hybridized carbons (Fsp3) is 0.500. The van der Waals surface area contributed by atoms with Crippen LogP contribution in [-0.4, -0.2) is 51.5 Å². The normalized spacial score (nSPS) is 11.0. The van der Waals surface area contributed by atoms with E-state index in [0.29, 0.717) is 0 Å². The Morgan fingerprint density at radius 3 is 2.95 bits per heavy atom. The number of amides is 1. The van der Waals surface area contributed by atoms with Crippen LogP contribution in [-0.2, 0) is 13.0 Å². The van der Waals surface area contributed by atoms with E-state index in [1.54, 1.807) is 10.9 Å². The number of carbonyl (C=O) groups is 1. The second-order valence-electron chi connectivity index (χ2n) is 5.32. The zero-order valence-electron chi connectivity index (χ0n) is 12.8. The molecule has 2 rings (SSSR count). The highest BCUT2D eigenvalue weighted by atomic mass is 32.1. The summed E-state index contributed by atoms with van der Waals surface area (Å²) in [6.45, 7) is 1.37. The van der Waals surface area contributed by atoms with Gasteiger partial charge in [0.25, 0.3) is 0 Å². The van der Waals surface area contributed by atoms with Crippen LogP contribution in [0.15, 0.2) is 18.6 Å². The van der Waals surface area contributed by atoms with Gasteiger partial charge >= 0.3 is 6.09 Å². The predicted molar refractivity (Wildman–Crippen MR) is 85.6 cm³/mol. The Hall–Kier alpha value is -1.93. The molecule has 0 aliphatic rings. The Morgan fingerprint density at radius 1 is 1.41 bits per heavy atom. The van der Waals surface area contributed by atoms with Crippen LogP contribution in [0.5, 0.6) is 0 Å². The Morgan fingerprint density at radius 2 is 2.23 bits per heavy atom. The molecule has 0 aromatic carbocycles. The third-order valence-corrected chi connectivity index (χ3v) is 4.10. The summed E-state index contributed by atoms with van der Waals surface area (Å²) >= 11 is 1.43. The summed E-state index contributed by atoms with van der Waals surface area (Å²) in [5.74, 6) is 0. The van der Waals surface area contributed by atoms with Gasteiger partial charge in [-0.25, -0.2) is 14.5 Å². The number of unbranched alkanes of at least 4 members (excludes halogenated alkanes) is 1. The molecule has 1 amide bonds. The van der Waals surface area contributed by atoms with Crippen LogP contribution in [0.2, 0.25) is 0 Å². The monoisotopic (exact) mass is 323 g/mol. The van der Waals surface area contributed by atoms with E-state index in [0.717, 1.165) is 29.4 Å². The number of nitrogens with zero attached hydrogens (tertiary/aromatic N) is 4. The predicted octanol–water partition coefficient (Wildman–Crippen LogP) is 1.98. The summed E-state index contributed by atoms with van der Waals surface area (Å²) in [7, 11) is 4.16. The first-order chi connectivity index (χ1) is 10.5. The minimum absolute atomic E-state index is 0.270. The van der Waals surface area contributed by atoms with E-state index in [9.17, 15) is 4.79 Å². The molecule has 0 radical (unpaired) electrons. The third-order valence-electron chi connectivity index (χ3n) is 3.11. The van der Waals surface area contributed by atoms with Gasteiger partial charge in [0, 0.05) is 17.3 Å². The van der Waals surface area contributed by atoms with Gasteiger partial charge in [-0.15, -0.1) is 0 Å². The molecule has 0 spiro atoms. The van der Waals surface area contributed by atoms with E-state index in [1.807, 2.05) is 12.4 Å². The zero-order chi connectivity index (χ0) is 15.9. The highest BCUT2D eigenvalue weighted by molar-refractivity contribution is 7.14. The molecule has 0 saturated heterocycles. The topological polar surface area (TPSA) is 83.3 Å². The maximum absolute atomic E-state index is 10.5. The molecular formula is C14H21N5O2S. The molecule has 0 fully saturated rings. The van der Waals surface area contributed by atoms with Crippen molar-refractivity contribution in [3.8, 4) is 5.13 Å². The molecule has 120 valence electrons. The van der Waals surface area contributed by atoms with Crippen LogP contribution >= 0.6 is 11.3 Å². The first kappa shape index (κ1) is 16.4. The maximum atomic E-state index is 10.5. The van der Waals surface area contributed by atoms with Crippen LogP contribution in [0.3, 0.4) is 0 Å². The molecule has 0 unspecified atom stereocenters. The van der Waals surface area contributed by atoms with Crippen molar-refractivity contribution in [2.24, 2.45) is 0 Å². The Kier molecular flexibility index (Phi) is 5.91. The zero-order valence-corrected chi connectivity index (χ0v) is 13.6. The van der Waals surface area contributed by atoms with Gasteiger partial charge in [-0.3, -0.25) is 0 Å². The van der Waals surface area contributed by atoms with Crippen molar-refractivity contribution in [3.05, 3.63) is 29.0 Å². The molecule has 22 heavy (non-hydrogen) atoms. The molecule has 0 aliphatic carbocycles. The number of rotatable bonds is 8. The summed E-state index contributed by atoms with van der Waals surface area (Å²) in [5.41, 5.74) is 1.19. The van der Waals surface area contributed by atoms with E-state index < -0.39 is 6.09 Å². The third kappa shape index (κ3) is 5.12. The van der Waals surface area contributed by atoms with Gasteiger partial charge in [-0.05, 0) is 45.5 Å². The van der Waals surface area contributed by atoms with Crippen molar-refractivity contribution in [2.75, 3.05) is 20.6 Å². The fourth-order valence-corrected chi connectivity index (χ4v) is 2.78. The maximum Gasteiger partial charge on any atom is 0.404 e.